The van der Waals surface area contributed by atoms with Crippen LogP contribution >= 0.6 is 11.3 Å². The van der Waals surface area contributed by atoms with E-state index in [0.29, 0.717) is 17.0 Å². The minimum absolute atomic E-state index is 0.316. The number of piperazine rings is 1. The zero-order chi connectivity index (χ0) is 15.1. The molecule has 2 heterocycles. The first-order valence-electron chi connectivity index (χ1n) is 8.29. The summed E-state index contributed by atoms with van der Waals surface area (Å²) in [6, 6.07) is 0.573. The number of thiazole rings is 1. The lowest BCUT2D eigenvalue weighted by atomic mass is 9.81. The first-order valence-corrected chi connectivity index (χ1v) is 9.16. The van der Waals surface area contributed by atoms with Gasteiger partial charge in [-0.1, -0.05) is 33.6 Å². The van der Waals surface area contributed by atoms with E-state index in [4.69, 9.17) is 4.98 Å². The molecule has 2 aliphatic rings. The summed E-state index contributed by atoms with van der Waals surface area (Å²) in [5.41, 5.74) is 1.97. The van der Waals surface area contributed by atoms with Crippen LogP contribution in [0.15, 0.2) is 5.38 Å². The summed E-state index contributed by atoms with van der Waals surface area (Å²) in [6.45, 7) is 12.5. The van der Waals surface area contributed by atoms with Crippen molar-refractivity contribution in [1.82, 2.24) is 15.2 Å². The van der Waals surface area contributed by atoms with Crippen molar-refractivity contribution >= 4 is 11.3 Å². The molecule has 118 valence electrons. The Morgan fingerprint density at radius 2 is 2.10 bits per heavy atom. The molecule has 2 fully saturated rings. The second-order valence-corrected chi connectivity index (χ2v) is 9.03. The fourth-order valence-electron chi connectivity index (χ4n) is 3.92. The standard InChI is InChI=1S/C17H29N3S/c1-13-19-14(11-21-13)9-20-10-15(16(2,3)4)18-12-17(20)7-5-6-8-17/h11,15,18H,5-10,12H2,1-4H3. The lowest BCUT2D eigenvalue weighted by Crippen LogP contribution is -2.65. The van der Waals surface area contributed by atoms with Gasteiger partial charge in [0.25, 0.3) is 0 Å². The van der Waals surface area contributed by atoms with Crippen molar-refractivity contribution in [2.45, 2.75) is 71.5 Å². The van der Waals surface area contributed by atoms with Crippen molar-refractivity contribution in [3.8, 4) is 0 Å². The predicted octanol–water partition coefficient (Wildman–Crippen LogP) is 3.58. The van der Waals surface area contributed by atoms with Crippen LogP contribution in [0.1, 0.15) is 57.2 Å². The summed E-state index contributed by atoms with van der Waals surface area (Å²) in [5, 5.41) is 7.28. The number of aromatic nitrogens is 1. The fraction of sp³-hybridized carbons (Fsp3) is 0.824. The molecule has 0 amide bonds. The minimum atomic E-state index is 0.316. The third kappa shape index (κ3) is 3.17. The van der Waals surface area contributed by atoms with Crippen molar-refractivity contribution in [3.63, 3.8) is 0 Å². The van der Waals surface area contributed by atoms with E-state index < -0.39 is 0 Å². The second kappa shape index (κ2) is 5.64. The van der Waals surface area contributed by atoms with Gasteiger partial charge in [-0.3, -0.25) is 4.90 Å². The Labute approximate surface area is 133 Å². The van der Waals surface area contributed by atoms with Crippen molar-refractivity contribution in [3.05, 3.63) is 16.1 Å². The fourth-order valence-corrected chi connectivity index (χ4v) is 4.52. The number of rotatable bonds is 2. The molecule has 1 unspecified atom stereocenters. The van der Waals surface area contributed by atoms with E-state index in [1.54, 1.807) is 11.3 Å². The summed E-state index contributed by atoms with van der Waals surface area (Å²) >= 11 is 1.78. The molecule has 0 aromatic carbocycles. The van der Waals surface area contributed by atoms with Gasteiger partial charge in [-0.15, -0.1) is 11.3 Å². The van der Waals surface area contributed by atoms with Crippen LogP contribution in [0.2, 0.25) is 0 Å². The molecule has 1 saturated carbocycles. The summed E-state index contributed by atoms with van der Waals surface area (Å²) < 4.78 is 0. The van der Waals surface area contributed by atoms with Crippen LogP contribution in [0.4, 0.5) is 0 Å². The van der Waals surface area contributed by atoms with Crippen molar-refractivity contribution in [2.24, 2.45) is 5.41 Å². The van der Waals surface area contributed by atoms with Crippen molar-refractivity contribution in [2.75, 3.05) is 13.1 Å². The average molecular weight is 308 g/mol. The largest absolute Gasteiger partial charge is 0.310 e. The maximum Gasteiger partial charge on any atom is 0.0897 e. The molecule has 1 atom stereocenters. The average Bonchev–Trinajstić information content (AvgIpc) is 3.01. The molecule has 3 rings (SSSR count). The van der Waals surface area contributed by atoms with Gasteiger partial charge >= 0.3 is 0 Å². The van der Waals surface area contributed by atoms with Crippen molar-refractivity contribution in [1.29, 1.82) is 0 Å². The van der Waals surface area contributed by atoms with E-state index in [9.17, 15) is 0 Å². The van der Waals surface area contributed by atoms with Crippen LogP contribution in [0.25, 0.3) is 0 Å². The molecule has 1 aliphatic carbocycles. The van der Waals surface area contributed by atoms with E-state index in [0.717, 1.165) is 19.6 Å². The van der Waals surface area contributed by atoms with Gasteiger partial charge in [-0.25, -0.2) is 4.98 Å². The molecule has 0 bridgehead atoms. The highest BCUT2D eigenvalue weighted by atomic mass is 32.1. The molecule has 4 heteroatoms. The van der Waals surface area contributed by atoms with Gasteiger partial charge in [-0.2, -0.15) is 0 Å². The Balaban J connectivity index is 1.79. The molecular weight excluding hydrogens is 278 g/mol. The summed E-state index contributed by atoms with van der Waals surface area (Å²) in [4.78, 5) is 7.45. The summed E-state index contributed by atoms with van der Waals surface area (Å²) in [5.74, 6) is 0. The minimum Gasteiger partial charge on any atom is -0.310 e. The summed E-state index contributed by atoms with van der Waals surface area (Å²) in [7, 11) is 0. The van der Waals surface area contributed by atoms with Gasteiger partial charge in [0.1, 0.15) is 0 Å². The molecule has 1 saturated heterocycles. The number of hydrogen-bond donors (Lipinski definition) is 1. The van der Waals surface area contributed by atoms with Crippen LogP contribution in [-0.2, 0) is 6.54 Å². The Morgan fingerprint density at radius 3 is 2.67 bits per heavy atom. The van der Waals surface area contributed by atoms with Crippen LogP contribution in [0.5, 0.6) is 0 Å². The Kier molecular flexibility index (Phi) is 4.15. The Morgan fingerprint density at radius 1 is 1.38 bits per heavy atom. The molecule has 1 spiro atoms. The molecule has 3 nitrogen and oxygen atoms in total. The highest BCUT2D eigenvalue weighted by Crippen LogP contribution is 2.39. The van der Waals surface area contributed by atoms with Gasteiger partial charge in [0.15, 0.2) is 0 Å². The van der Waals surface area contributed by atoms with Gasteiger partial charge in [-0.05, 0) is 25.2 Å². The molecule has 21 heavy (non-hydrogen) atoms. The zero-order valence-corrected chi connectivity index (χ0v) is 14.7. The third-order valence-electron chi connectivity index (χ3n) is 5.35. The highest BCUT2D eigenvalue weighted by molar-refractivity contribution is 7.09. The molecule has 1 aromatic heterocycles. The van der Waals surface area contributed by atoms with Gasteiger partial charge in [0.2, 0.25) is 0 Å². The van der Waals surface area contributed by atoms with Crippen LogP contribution in [0.3, 0.4) is 0 Å². The highest BCUT2D eigenvalue weighted by Gasteiger charge is 2.45. The maximum absolute atomic E-state index is 4.70. The number of aryl methyl sites for hydroxylation is 1. The molecule has 1 aromatic rings. The Hall–Kier alpha value is -0.450. The SMILES string of the molecule is Cc1nc(CN2CC(C(C)(C)C)NCC23CCCC3)cs1. The summed E-state index contributed by atoms with van der Waals surface area (Å²) in [6.07, 6.45) is 5.46. The topological polar surface area (TPSA) is 28.2 Å². The first kappa shape index (κ1) is 15.4. The van der Waals surface area contributed by atoms with Gasteiger partial charge < -0.3 is 5.32 Å². The smallest absolute Gasteiger partial charge is 0.0897 e. The molecule has 1 N–H and O–H groups in total. The first-order chi connectivity index (χ1) is 9.89. The predicted molar refractivity (Wildman–Crippen MR) is 89.7 cm³/mol. The van der Waals surface area contributed by atoms with Crippen LogP contribution in [-0.4, -0.2) is 34.6 Å². The third-order valence-corrected chi connectivity index (χ3v) is 6.17. The number of hydrogen-bond acceptors (Lipinski definition) is 4. The molecule has 1 aliphatic heterocycles. The monoisotopic (exact) mass is 307 g/mol. The number of nitrogens with one attached hydrogen (secondary N) is 1. The van der Waals surface area contributed by atoms with Crippen LogP contribution < -0.4 is 5.32 Å². The van der Waals surface area contributed by atoms with Gasteiger partial charge in [0, 0.05) is 36.6 Å². The van der Waals surface area contributed by atoms with Crippen LogP contribution in [0, 0.1) is 12.3 Å². The van der Waals surface area contributed by atoms with E-state index in [1.807, 2.05) is 0 Å². The van der Waals surface area contributed by atoms with E-state index in [2.05, 4.69) is 43.3 Å². The normalized spacial score (nSPS) is 26.6. The lowest BCUT2D eigenvalue weighted by molar-refractivity contribution is 0.00998. The van der Waals surface area contributed by atoms with E-state index in [-0.39, 0.29) is 0 Å². The van der Waals surface area contributed by atoms with E-state index >= 15 is 0 Å². The number of nitrogens with zero attached hydrogens (tertiary/aromatic N) is 2. The second-order valence-electron chi connectivity index (χ2n) is 7.97. The van der Waals surface area contributed by atoms with Gasteiger partial charge in [0.05, 0.1) is 10.7 Å². The van der Waals surface area contributed by atoms with Crippen molar-refractivity contribution < 1.29 is 0 Å². The quantitative estimate of drug-likeness (QED) is 0.905. The molecule has 0 radical (unpaired) electrons. The Bertz CT molecular complexity index is 482. The lowest BCUT2D eigenvalue weighted by Gasteiger charge is -2.51. The van der Waals surface area contributed by atoms with E-state index in [1.165, 1.54) is 36.4 Å². The zero-order valence-electron chi connectivity index (χ0n) is 13.9. The maximum atomic E-state index is 4.70. The molecular formula is C17H29N3S.